The van der Waals surface area contributed by atoms with E-state index >= 15 is 0 Å². The van der Waals surface area contributed by atoms with E-state index in [0.717, 1.165) is 24.5 Å². The third-order valence-corrected chi connectivity index (χ3v) is 2.65. The first kappa shape index (κ1) is 15.7. The Morgan fingerprint density at radius 1 is 1.30 bits per heavy atom. The Morgan fingerprint density at radius 2 is 1.95 bits per heavy atom. The van der Waals surface area contributed by atoms with Gasteiger partial charge in [0.25, 0.3) is 0 Å². The molecule has 0 fully saturated rings. The van der Waals surface area contributed by atoms with E-state index in [1.807, 2.05) is 6.92 Å². The van der Waals surface area contributed by atoms with Crippen molar-refractivity contribution in [3.63, 3.8) is 0 Å². The summed E-state index contributed by atoms with van der Waals surface area (Å²) in [6.45, 7) is 6.14. The minimum atomic E-state index is -1.00. The molecule has 1 aromatic rings. The third kappa shape index (κ3) is 5.10. The number of benzene rings is 1. The van der Waals surface area contributed by atoms with Crippen molar-refractivity contribution in [3.8, 4) is 0 Å². The van der Waals surface area contributed by atoms with E-state index in [4.69, 9.17) is 9.84 Å². The Kier molecular flexibility index (Phi) is 6.23. The highest BCUT2D eigenvalue weighted by Gasteiger charge is 2.10. The zero-order valence-electron chi connectivity index (χ0n) is 11.5. The lowest BCUT2D eigenvalue weighted by molar-refractivity contribution is -0.136. The fourth-order valence-electron chi connectivity index (χ4n) is 1.48. The number of carbonyl (C=O) groups excluding carboxylic acids is 1. The molecule has 0 saturated carbocycles. The molecular weight excluding hydrogens is 256 g/mol. The Labute approximate surface area is 118 Å². The predicted molar refractivity (Wildman–Crippen MR) is 78.0 cm³/mol. The fraction of sp³-hybridized carbons (Fsp3) is 0.250. The fourth-order valence-corrected chi connectivity index (χ4v) is 1.48. The molecule has 0 aliphatic carbocycles. The second-order valence-corrected chi connectivity index (χ2v) is 4.26. The second-order valence-electron chi connectivity index (χ2n) is 4.26. The minimum Gasteiger partial charge on any atom is -0.478 e. The molecule has 0 amide bonds. The minimum absolute atomic E-state index is 0.301. The quantitative estimate of drug-likeness (QED) is 0.471. The molecule has 1 rings (SSSR count). The lowest BCUT2D eigenvalue weighted by atomic mass is 10.1. The smallest absolute Gasteiger partial charge is 0.338 e. The van der Waals surface area contributed by atoms with Gasteiger partial charge in [-0.15, -0.1) is 0 Å². The van der Waals surface area contributed by atoms with Crippen molar-refractivity contribution in [2.75, 3.05) is 6.61 Å². The van der Waals surface area contributed by atoms with Gasteiger partial charge >= 0.3 is 11.9 Å². The Bertz CT molecular complexity index is 512. The highest BCUT2D eigenvalue weighted by atomic mass is 16.5. The first-order chi connectivity index (χ1) is 9.54. The molecule has 0 heterocycles. The third-order valence-electron chi connectivity index (χ3n) is 2.65. The maximum absolute atomic E-state index is 11.7. The van der Waals surface area contributed by atoms with Crippen LogP contribution in [0.2, 0.25) is 0 Å². The largest absolute Gasteiger partial charge is 0.478 e. The van der Waals surface area contributed by atoms with E-state index in [1.165, 1.54) is 6.08 Å². The number of hydrogen-bond acceptors (Lipinski definition) is 3. The van der Waals surface area contributed by atoms with E-state index in [9.17, 15) is 9.59 Å². The lowest BCUT2D eigenvalue weighted by Crippen LogP contribution is -2.07. The first-order valence-corrected chi connectivity index (χ1v) is 6.42. The highest BCUT2D eigenvalue weighted by Crippen LogP contribution is 2.16. The zero-order chi connectivity index (χ0) is 15.0. The standard InChI is InChI=1S/C16H18O4/c1-3-4-11-20-16(19)12(2)14-8-5-13(6-9-14)7-10-15(17)18/h5-10H,2-4,11H2,1H3,(H,17,18). The summed E-state index contributed by atoms with van der Waals surface area (Å²) in [5.41, 5.74) is 1.71. The number of carbonyl (C=O) groups is 2. The highest BCUT2D eigenvalue weighted by molar-refractivity contribution is 6.15. The topological polar surface area (TPSA) is 63.6 Å². The molecule has 20 heavy (non-hydrogen) atoms. The van der Waals surface area contributed by atoms with Gasteiger partial charge < -0.3 is 9.84 Å². The second kappa shape index (κ2) is 7.94. The van der Waals surface area contributed by atoms with Crippen LogP contribution in [0.25, 0.3) is 11.6 Å². The SMILES string of the molecule is C=C(C(=O)OCCCC)c1ccc(C=CC(=O)O)cc1. The number of carboxylic acids is 1. The molecule has 1 N–H and O–H groups in total. The molecule has 0 unspecified atom stereocenters. The summed E-state index contributed by atoms with van der Waals surface area (Å²) >= 11 is 0. The van der Waals surface area contributed by atoms with Gasteiger partial charge in [0.2, 0.25) is 0 Å². The van der Waals surface area contributed by atoms with Crippen molar-refractivity contribution in [3.05, 3.63) is 48.0 Å². The lowest BCUT2D eigenvalue weighted by Gasteiger charge is -2.07. The molecular formula is C16H18O4. The van der Waals surface area contributed by atoms with Crippen LogP contribution in [0.3, 0.4) is 0 Å². The molecule has 4 heteroatoms. The number of carboxylic acid groups (broad SMARTS) is 1. The summed E-state index contributed by atoms with van der Waals surface area (Å²) in [7, 11) is 0. The van der Waals surface area contributed by atoms with Crippen LogP contribution in [-0.4, -0.2) is 23.7 Å². The van der Waals surface area contributed by atoms with Crippen LogP contribution in [0, 0.1) is 0 Å². The van der Waals surface area contributed by atoms with E-state index in [1.54, 1.807) is 24.3 Å². The molecule has 0 saturated heterocycles. The van der Waals surface area contributed by atoms with Crippen molar-refractivity contribution < 1.29 is 19.4 Å². The average Bonchev–Trinajstić information content (AvgIpc) is 2.45. The van der Waals surface area contributed by atoms with Crippen LogP contribution in [0.15, 0.2) is 36.9 Å². The zero-order valence-corrected chi connectivity index (χ0v) is 11.5. The molecule has 0 aliphatic rings. The monoisotopic (exact) mass is 274 g/mol. The predicted octanol–water partition coefficient (Wildman–Crippen LogP) is 3.14. The number of rotatable bonds is 7. The van der Waals surface area contributed by atoms with Crippen molar-refractivity contribution in [2.45, 2.75) is 19.8 Å². The van der Waals surface area contributed by atoms with Gasteiger partial charge in [-0.1, -0.05) is 44.2 Å². The van der Waals surface area contributed by atoms with Gasteiger partial charge in [0, 0.05) is 6.08 Å². The molecule has 0 radical (unpaired) electrons. The van der Waals surface area contributed by atoms with Gasteiger partial charge in [-0.3, -0.25) is 0 Å². The summed E-state index contributed by atoms with van der Waals surface area (Å²) in [6, 6.07) is 6.87. The van der Waals surface area contributed by atoms with Gasteiger partial charge in [-0.05, 0) is 23.6 Å². The molecule has 0 spiro atoms. The summed E-state index contributed by atoms with van der Waals surface area (Å²) in [5, 5.41) is 8.53. The molecule has 0 aromatic heterocycles. The number of unbranched alkanes of at least 4 members (excludes halogenated alkanes) is 1. The molecule has 4 nitrogen and oxygen atoms in total. The van der Waals surface area contributed by atoms with Crippen molar-refractivity contribution in [1.29, 1.82) is 0 Å². The van der Waals surface area contributed by atoms with Gasteiger partial charge in [-0.2, -0.15) is 0 Å². The number of hydrogen-bond donors (Lipinski definition) is 1. The number of aliphatic carboxylic acids is 1. The van der Waals surface area contributed by atoms with E-state index < -0.39 is 11.9 Å². The van der Waals surface area contributed by atoms with Crippen molar-refractivity contribution >= 4 is 23.6 Å². The van der Waals surface area contributed by atoms with Gasteiger partial charge in [-0.25, -0.2) is 9.59 Å². The Balaban J connectivity index is 2.65. The van der Waals surface area contributed by atoms with Gasteiger partial charge in [0.15, 0.2) is 0 Å². The molecule has 0 aliphatic heterocycles. The number of ether oxygens (including phenoxy) is 1. The molecule has 0 bridgehead atoms. The van der Waals surface area contributed by atoms with Gasteiger partial charge in [0.05, 0.1) is 12.2 Å². The van der Waals surface area contributed by atoms with Crippen LogP contribution < -0.4 is 0 Å². The van der Waals surface area contributed by atoms with E-state index in [-0.39, 0.29) is 0 Å². The van der Waals surface area contributed by atoms with Crippen LogP contribution >= 0.6 is 0 Å². The van der Waals surface area contributed by atoms with Crippen LogP contribution in [0.1, 0.15) is 30.9 Å². The van der Waals surface area contributed by atoms with Crippen LogP contribution in [-0.2, 0) is 14.3 Å². The van der Waals surface area contributed by atoms with Crippen LogP contribution in [0.4, 0.5) is 0 Å². The van der Waals surface area contributed by atoms with E-state index in [0.29, 0.717) is 17.7 Å². The maximum Gasteiger partial charge on any atom is 0.338 e. The molecule has 0 atom stereocenters. The summed E-state index contributed by atoms with van der Waals surface area (Å²) < 4.78 is 5.08. The van der Waals surface area contributed by atoms with Crippen LogP contribution in [0.5, 0.6) is 0 Å². The van der Waals surface area contributed by atoms with E-state index in [2.05, 4.69) is 6.58 Å². The average molecular weight is 274 g/mol. The summed E-state index contributed by atoms with van der Waals surface area (Å²) in [4.78, 5) is 22.1. The Hall–Kier alpha value is -2.36. The Morgan fingerprint density at radius 3 is 2.50 bits per heavy atom. The van der Waals surface area contributed by atoms with Gasteiger partial charge in [0.1, 0.15) is 0 Å². The van der Waals surface area contributed by atoms with Crippen molar-refractivity contribution in [1.82, 2.24) is 0 Å². The molecule has 106 valence electrons. The maximum atomic E-state index is 11.7. The molecule has 1 aromatic carbocycles. The number of esters is 1. The summed E-state index contributed by atoms with van der Waals surface area (Å²) in [5.74, 6) is -1.43. The van der Waals surface area contributed by atoms with Crippen molar-refractivity contribution in [2.24, 2.45) is 0 Å². The normalized spacial score (nSPS) is 10.4. The first-order valence-electron chi connectivity index (χ1n) is 6.42. The summed E-state index contributed by atoms with van der Waals surface area (Å²) in [6.07, 6.45) is 4.33.